The summed E-state index contributed by atoms with van der Waals surface area (Å²) in [4.78, 5) is 13.8. The Morgan fingerprint density at radius 2 is 2.12 bits per heavy atom. The van der Waals surface area contributed by atoms with Gasteiger partial charge in [0.25, 0.3) is 0 Å². The van der Waals surface area contributed by atoms with E-state index in [0.29, 0.717) is 22.9 Å². The molecule has 0 radical (unpaired) electrons. The summed E-state index contributed by atoms with van der Waals surface area (Å²) in [6.45, 7) is 0.646. The smallest absolute Gasteiger partial charge is 0.334 e. The minimum Gasteiger partial charge on any atom is -0.334 e. The van der Waals surface area contributed by atoms with E-state index in [2.05, 4.69) is 26.8 Å². The van der Waals surface area contributed by atoms with Crippen molar-refractivity contribution in [2.24, 2.45) is 4.99 Å². The van der Waals surface area contributed by atoms with E-state index in [0.717, 1.165) is 41.5 Å². The highest BCUT2D eigenvalue weighted by molar-refractivity contribution is 6.10. The first-order chi connectivity index (χ1) is 12.4. The summed E-state index contributed by atoms with van der Waals surface area (Å²) < 4.78 is 8.00. The fraction of sp³-hybridized carbons (Fsp3) is 0.222. The van der Waals surface area contributed by atoms with Crippen LogP contribution in [0.2, 0.25) is 0 Å². The normalized spacial score (nSPS) is 23.6. The molecule has 0 N–H and O–H groups in total. The van der Waals surface area contributed by atoms with Gasteiger partial charge in [0.05, 0.1) is 35.7 Å². The Kier molecular flexibility index (Phi) is 2.39. The molecule has 7 heteroatoms. The average molecular weight is 331 g/mol. The lowest BCUT2D eigenvalue weighted by Gasteiger charge is -2.25. The molecule has 2 aromatic heterocycles. The highest BCUT2D eigenvalue weighted by atomic mass is 16.5. The number of hydrogen-bond acceptors (Lipinski definition) is 5. The van der Waals surface area contributed by atoms with Crippen LogP contribution in [0.5, 0.6) is 0 Å². The third-order valence-corrected chi connectivity index (χ3v) is 5.14. The SMILES string of the molecule is C1=C[N+]2(c3noc(C4CC4)n3)Cc3cncn3-c3ccccc3C2=N1. The van der Waals surface area contributed by atoms with Gasteiger partial charge >= 0.3 is 5.95 Å². The summed E-state index contributed by atoms with van der Waals surface area (Å²) in [6.07, 6.45) is 9.89. The number of imidazole rings is 1. The van der Waals surface area contributed by atoms with Crippen LogP contribution in [0.1, 0.15) is 35.9 Å². The van der Waals surface area contributed by atoms with E-state index in [1.165, 1.54) is 0 Å². The third kappa shape index (κ3) is 1.73. The molecular weight excluding hydrogens is 316 g/mol. The van der Waals surface area contributed by atoms with E-state index >= 15 is 0 Å². The van der Waals surface area contributed by atoms with Gasteiger partial charge in [-0.25, -0.2) is 4.98 Å². The first-order valence-corrected chi connectivity index (χ1v) is 8.44. The molecule has 1 fully saturated rings. The summed E-state index contributed by atoms with van der Waals surface area (Å²) in [5.74, 6) is 2.73. The van der Waals surface area contributed by atoms with Crippen molar-refractivity contribution in [1.82, 2.24) is 24.2 Å². The van der Waals surface area contributed by atoms with E-state index in [1.807, 2.05) is 37.1 Å². The lowest BCUT2D eigenvalue weighted by molar-refractivity contribution is 0.367. The molecule has 122 valence electrons. The molecule has 7 nitrogen and oxygen atoms in total. The average Bonchev–Trinajstić information content (AvgIpc) is 3.07. The van der Waals surface area contributed by atoms with Gasteiger partial charge < -0.3 is 4.52 Å². The second-order valence-corrected chi connectivity index (χ2v) is 6.76. The van der Waals surface area contributed by atoms with Crippen LogP contribution in [0.25, 0.3) is 5.69 Å². The molecule has 0 saturated heterocycles. The number of aromatic nitrogens is 4. The van der Waals surface area contributed by atoms with Crippen LogP contribution >= 0.6 is 0 Å². The fourth-order valence-corrected chi connectivity index (χ4v) is 3.71. The lowest BCUT2D eigenvalue weighted by atomic mass is 10.1. The second kappa shape index (κ2) is 4.52. The van der Waals surface area contributed by atoms with Crippen LogP contribution in [0.3, 0.4) is 0 Å². The van der Waals surface area contributed by atoms with Crippen molar-refractivity contribution in [1.29, 1.82) is 0 Å². The molecule has 4 heterocycles. The van der Waals surface area contributed by atoms with Crippen molar-refractivity contribution in [3.8, 4) is 5.69 Å². The Hall–Kier alpha value is -3.06. The number of rotatable bonds is 2. The largest absolute Gasteiger partial charge is 0.377 e. The minimum atomic E-state index is 0.332. The maximum atomic E-state index is 5.55. The molecule has 25 heavy (non-hydrogen) atoms. The molecule has 3 aromatic rings. The number of fused-ring (bicyclic) bond motifs is 5. The molecule has 1 atom stereocenters. The molecule has 2 aliphatic heterocycles. The van der Waals surface area contributed by atoms with Crippen molar-refractivity contribution in [2.75, 3.05) is 0 Å². The van der Waals surface area contributed by atoms with Gasteiger partial charge in [0, 0.05) is 11.1 Å². The number of quaternary nitrogens is 1. The Morgan fingerprint density at radius 1 is 1.20 bits per heavy atom. The Balaban J connectivity index is 1.61. The first kappa shape index (κ1) is 13.3. The second-order valence-electron chi connectivity index (χ2n) is 6.76. The predicted molar refractivity (Wildman–Crippen MR) is 91.0 cm³/mol. The molecule has 0 bridgehead atoms. The highest BCUT2D eigenvalue weighted by Crippen LogP contribution is 2.42. The molecule has 0 spiro atoms. The van der Waals surface area contributed by atoms with Crippen LogP contribution in [-0.4, -0.2) is 25.5 Å². The minimum absolute atomic E-state index is 0.332. The molecule has 1 aromatic carbocycles. The zero-order chi connectivity index (χ0) is 16.4. The Morgan fingerprint density at radius 3 is 3.04 bits per heavy atom. The zero-order valence-corrected chi connectivity index (χ0v) is 13.4. The third-order valence-electron chi connectivity index (χ3n) is 5.14. The van der Waals surface area contributed by atoms with Crippen molar-refractivity contribution >= 4 is 11.8 Å². The van der Waals surface area contributed by atoms with Gasteiger partial charge in [-0.05, 0) is 25.0 Å². The topological polar surface area (TPSA) is 69.1 Å². The standard InChI is InChI=1S/C18H15N6O/c1-2-4-15-14(3-1)16-20-7-8-24(16,10-13-9-19-11-23(13)15)18-21-17(25-22-18)12-5-6-12/h1-4,7-9,11-12H,5-6,10H2/q+1. The maximum absolute atomic E-state index is 5.55. The molecule has 1 aliphatic carbocycles. The predicted octanol–water partition coefficient (Wildman–Crippen LogP) is 2.89. The quantitative estimate of drug-likeness (QED) is 0.677. The van der Waals surface area contributed by atoms with Gasteiger partial charge in [0.15, 0.2) is 0 Å². The monoisotopic (exact) mass is 331 g/mol. The number of para-hydroxylation sites is 1. The van der Waals surface area contributed by atoms with Gasteiger partial charge in [-0.1, -0.05) is 12.1 Å². The van der Waals surface area contributed by atoms with Crippen molar-refractivity contribution in [2.45, 2.75) is 25.3 Å². The van der Waals surface area contributed by atoms with E-state index in [-0.39, 0.29) is 0 Å². The highest BCUT2D eigenvalue weighted by Gasteiger charge is 2.48. The van der Waals surface area contributed by atoms with Crippen LogP contribution in [0, 0.1) is 0 Å². The summed E-state index contributed by atoms with van der Waals surface area (Å²) in [5, 5.41) is 4.33. The van der Waals surface area contributed by atoms with Crippen LogP contribution in [0.15, 0.2) is 58.7 Å². The molecule has 0 amide bonds. The Labute approximate surface area is 143 Å². The lowest BCUT2D eigenvalue weighted by Crippen LogP contribution is -2.47. The molecule has 3 aliphatic rings. The number of hydrogen-bond donors (Lipinski definition) is 0. The fourth-order valence-electron chi connectivity index (χ4n) is 3.71. The van der Waals surface area contributed by atoms with Crippen molar-refractivity contribution in [3.63, 3.8) is 0 Å². The number of benzene rings is 1. The van der Waals surface area contributed by atoms with Gasteiger partial charge in [-0.15, -0.1) is 4.98 Å². The van der Waals surface area contributed by atoms with Gasteiger partial charge in [-0.2, -0.15) is 9.48 Å². The van der Waals surface area contributed by atoms with Gasteiger partial charge in [-0.3, -0.25) is 4.57 Å². The van der Waals surface area contributed by atoms with Crippen LogP contribution in [0.4, 0.5) is 5.95 Å². The summed E-state index contributed by atoms with van der Waals surface area (Å²) in [7, 11) is 0. The maximum Gasteiger partial charge on any atom is 0.377 e. The molecule has 1 unspecified atom stereocenters. The van der Waals surface area contributed by atoms with E-state index in [9.17, 15) is 0 Å². The van der Waals surface area contributed by atoms with E-state index < -0.39 is 0 Å². The van der Waals surface area contributed by atoms with Gasteiger partial charge in [0.1, 0.15) is 12.7 Å². The summed E-state index contributed by atoms with van der Waals surface area (Å²) in [5.41, 5.74) is 3.22. The zero-order valence-electron chi connectivity index (χ0n) is 13.4. The van der Waals surface area contributed by atoms with Crippen molar-refractivity contribution in [3.05, 3.63) is 66.3 Å². The molecule has 1 saturated carbocycles. The van der Waals surface area contributed by atoms with E-state index in [1.54, 1.807) is 0 Å². The summed E-state index contributed by atoms with van der Waals surface area (Å²) >= 11 is 0. The number of nitrogens with zero attached hydrogens (tertiary/aromatic N) is 6. The molecular formula is C18H15N6O+. The van der Waals surface area contributed by atoms with Crippen LogP contribution < -0.4 is 4.48 Å². The molecule has 6 rings (SSSR count). The van der Waals surface area contributed by atoms with E-state index in [4.69, 9.17) is 14.5 Å². The van der Waals surface area contributed by atoms with Crippen molar-refractivity contribution < 1.29 is 4.52 Å². The number of aliphatic imine (C=N–C) groups is 1. The number of amidine groups is 1. The van der Waals surface area contributed by atoms with Crippen LogP contribution in [-0.2, 0) is 6.54 Å². The first-order valence-electron chi connectivity index (χ1n) is 8.44. The summed E-state index contributed by atoms with van der Waals surface area (Å²) in [6, 6.07) is 8.24. The van der Waals surface area contributed by atoms with Gasteiger partial charge in [0.2, 0.25) is 11.7 Å². The Bertz CT molecular complexity index is 1060.